The van der Waals surface area contributed by atoms with Gasteiger partial charge < -0.3 is 0 Å². The predicted molar refractivity (Wildman–Crippen MR) is 85.2 cm³/mol. The third kappa shape index (κ3) is 5.07. The Hall–Kier alpha value is -2.08. The van der Waals surface area contributed by atoms with Crippen molar-refractivity contribution in [3.63, 3.8) is 0 Å². The van der Waals surface area contributed by atoms with Crippen LogP contribution in [0.1, 0.15) is 17.0 Å². The molecule has 0 saturated heterocycles. The lowest BCUT2D eigenvalue weighted by Crippen LogP contribution is -2.31. The Morgan fingerprint density at radius 2 is 1.71 bits per heavy atom. The van der Waals surface area contributed by atoms with E-state index in [4.69, 9.17) is 0 Å². The lowest BCUT2D eigenvalue weighted by atomic mass is 10.2. The molecule has 2 N–H and O–H groups in total. The van der Waals surface area contributed by atoms with E-state index in [0.29, 0.717) is 11.7 Å². The van der Waals surface area contributed by atoms with Gasteiger partial charge in [-0.1, -0.05) is 17.7 Å². The van der Waals surface area contributed by atoms with Gasteiger partial charge in [-0.15, -0.1) is 11.8 Å². The highest BCUT2D eigenvalue weighted by molar-refractivity contribution is 8.00. The van der Waals surface area contributed by atoms with Gasteiger partial charge in [-0.3, -0.25) is 15.6 Å². The van der Waals surface area contributed by atoms with Crippen molar-refractivity contribution in [1.82, 2.24) is 15.4 Å². The van der Waals surface area contributed by atoms with Crippen molar-refractivity contribution in [3.8, 4) is 0 Å². The van der Waals surface area contributed by atoms with Crippen molar-refractivity contribution >= 4 is 23.6 Å². The lowest BCUT2D eigenvalue weighted by Gasteiger charge is -2.08. The van der Waals surface area contributed by atoms with E-state index in [0.717, 1.165) is 16.3 Å². The summed E-state index contributed by atoms with van der Waals surface area (Å²) in [6.07, 6.45) is 0. The van der Waals surface area contributed by atoms with Gasteiger partial charge in [-0.05, 0) is 39.0 Å². The number of anilines is 1. The molecule has 2 aromatic rings. The highest BCUT2D eigenvalue weighted by atomic mass is 32.2. The topological polar surface area (TPSA) is 66.9 Å². The first-order valence-electron chi connectivity index (χ1n) is 6.59. The van der Waals surface area contributed by atoms with E-state index in [1.54, 1.807) is 0 Å². The molecule has 0 bridgehead atoms. The molecule has 0 fully saturated rings. The fraction of sp³-hybridized carbons (Fsp3) is 0.267. The van der Waals surface area contributed by atoms with Crippen LogP contribution in [-0.2, 0) is 4.79 Å². The van der Waals surface area contributed by atoms with Crippen LogP contribution in [0.3, 0.4) is 0 Å². The molecule has 6 heteroatoms. The summed E-state index contributed by atoms with van der Waals surface area (Å²) in [5.41, 5.74) is 8.25. The zero-order valence-corrected chi connectivity index (χ0v) is 13.1. The number of thioether (sulfide) groups is 1. The minimum atomic E-state index is -0.122. The number of carbonyl (C=O) groups excluding carboxylic acids is 1. The Kier molecular flexibility index (Phi) is 5.16. The van der Waals surface area contributed by atoms with Gasteiger partial charge in [0.25, 0.3) is 0 Å². The molecule has 1 heterocycles. The number of carbonyl (C=O) groups is 1. The number of benzene rings is 1. The van der Waals surface area contributed by atoms with Crippen LogP contribution in [0.5, 0.6) is 0 Å². The van der Waals surface area contributed by atoms with E-state index in [2.05, 4.69) is 20.8 Å². The number of hydrazine groups is 1. The van der Waals surface area contributed by atoms with Gasteiger partial charge in [0.15, 0.2) is 0 Å². The van der Waals surface area contributed by atoms with E-state index < -0.39 is 0 Å². The van der Waals surface area contributed by atoms with Crippen LogP contribution in [0.15, 0.2) is 35.2 Å². The monoisotopic (exact) mass is 302 g/mol. The molecule has 0 aliphatic rings. The normalized spacial score (nSPS) is 10.2. The van der Waals surface area contributed by atoms with Crippen molar-refractivity contribution in [2.45, 2.75) is 25.7 Å². The molecule has 2 rings (SSSR count). The average molecular weight is 302 g/mol. The van der Waals surface area contributed by atoms with Crippen molar-refractivity contribution in [1.29, 1.82) is 0 Å². The van der Waals surface area contributed by atoms with Crippen molar-refractivity contribution in [2.75, 3.05) is 11.2 Å². The van der Waals surface area contributed by atoms with Crippen LogP contribution in [0, 0.1) is 20.8 Å². The van der Waals surface area contributed by atoms with Gasteiger partial charge in [-0.25, -0.2) is 9.97 Å². The molecule has 1 aromatic heterocycles. The summed E-state index contributed by atoms with van der Waals surface area (Å²) in [5.74, 6) is 0.616. The Morgan fingerprint density at radius 1 is 1.10 bits per heavy atom. The second-order valence-electron chi connectivity index (χ2n) is 4.75. The number of aromatic nitrogens is 2. The molecular formula is C15H18N4OS. The maximum atomic E-state index is 11.8. The van der Waals surface area contributed by atoms with Crippen LogP contribution in [0.25, 0.3) is 0 Å². The van der Waals surface area contributed by atoms with Gasteiger partial charge in [0, 0.05) is 16.3 Å². The van der Waals surface area contributed by atoms with Crippen molar-refractivity contribution in [3.05, 3.63) is 47.3 Å². The second-order valence-corrected chi connectivity index (χ2v) is 5.80. The number of nitrogens with zero attached hydrogens (tertiary/aromatic N) is 2. The molecule has 0 aliphatic heterocycles. The van der Waals surface area contributed by atoms with E-state index in [1.165, 1.54) is 17.3 Å². The summed E-state index contributed by atoms with van der Waals surface area (Å²) in [4.78, 5) is 21.2. The standard InChI is InChI=1S/C15H18N4OS/c1-10-4-6-13(7-5-10)21-9-14(20)18-19-15-16-11(2)8-12(3)17-15/h4-8H,9H2,1-3H3,(H,18,20)(H,16,17,19). The second kappa shape index (κ2) is 7.08. The van der Waals surface area contributed by atoms with E-state index in [1.807, 2.05) is 51.1 Å². The number of rotatable bonds is 5. The summed E-state index contributed by atoms with van der Waals surface area (Å²) in [6.45, 7) is 5.80. The predicted octanol–water partition coefficient (Wildman–Crippen LogP) is 2.64. The number of nitrogens with one attached hydrogen (secondary N) is 2. The van der Waals surface area contributed by atoms with Gasteiger partial charge >= 0.3 is 0 Å². The molecule has 1 amide bonds. The summed E-state index contributed by atoms with van der Waals surface area (Å²) < 4.78 is 0. The molecule has 21 heavy (non-hydrogen) atoms. The molecule has 0 aliphatic carbocycles. The Balaban J connectivity index is 1.80. The highest BCUT2D eigenvalue weighted by Gasteiger charge is 2.04. The first-order valence-corrected chi connectivity index (χ1v) is 7.58. The summed E-state index contributed by atoms with van der Waals surface area (Å²) in [5, 5.41) is 0. The maximum absolute atomic E-state index is 11.8. The fourth-order valence-electron chi connectivity index (χ4n) is 1.73. The fourth-order valence-corrected chi connectivity index (χ4v) is 2.43. The van der Waals surface area contributed by atoms with Gasteiger partial charge in [0.05, 0.1) is 5.75 Å². The van der Waals surface area contributed by atoms with Crippen LogP contribution in [-0.4, -0.2) is 21.6 Å². The van der Waals surface area contributed by atoms with Gasteiger partial charge in [0.1, 0.15) is 0 Å². The maximum Gasteiger partial charge on any atom is 0.248 e. The van der Waals surface area contributed by atoms with Gasteiger partial charge in [0.2, 0.25) is 11.9 Å². The van der Waals surface area contributed by atoms with E-state index >= 15 is 0 Å². The van der Waals surface area contributed by atoms with Crippen LogP contribution in [0.4, 0.5) is 5.95 Å². The molecule has 110 valence electrons. The van der Waals surface area contributed by atoms with Crippen molar-refractivity contribution < 1.29 is 4.79 Å². The molecule has 5 nitrogen and oxygen atoms in total. The number of aryl methyl sites for hydroxylation is 3. The van der Waals surface area contributed by atoms with E-state index in [-0.39, 0.29) is 5.91 Å². The largest absolute Gasteiger partial charge is 0.272 e. The van der Waals surface area contributed by atoms with Crippen LogP contribution in [0.2, 0.25) is 0 Å². The number of hydrogen-bond acceptors (Lipinski definition) is 5. The van der Waals surface area contributed by atoms with Gasteiger partial charge in [-0.2, -0.15) is 0 Å². The third-order valence-electron chi connectivity index (χ3n) is 2.69. The van der Waals surface area contributed by atoms with E-state index in [9.17, 15) is 4.79 Å². The number of amides is 1. The Labute approximate surface area is 128 Å². The molecule has 0 saturated carbocycles. The minimum Gasteiger partial charge on any atom is -0.272 e. The molecular weight excluding hydrogens is 284 g/mol. The zero-order valence-electron chi connectivity index (χ0n) is 12.3. The first-order chi connectivity index (χ1) is 10.0. The first kappa shape index (κ1) is 15.3. The molecule has 0 radical (unpaired) electrons. The molecule has 0 unspecified atom stereocenters. The quantitative estimate of drug-likeness (QED) is 0.656. The summed E-state index contributed by atoms with van der Waals surface area (Å²) >= 11 is 1.49. The van der Waals surface area contributed by atoms with Crippen LogP contribution >= 0.6 is 11.8 Å². The third-order valence-corrected chi connectivity index (χ3v) is 3.70. The molecule has 1 aromatic carbocycles. The molecule has 0 atom stereocenters. The SMILES string of the molecule is Cc1ccc(SCC(=O)NNc2nc(C)cc(C)n2)cc1. The van der Waals surface area contributed by atoms with Crippen molar-refractivity contribution in [2.24, 2.45) is 0 Å². The Bertz CT molecular complexity index is 608. The lowest BCUT2D eigenvalue weighted by molar-refractivity contribution is -0.118. The average Bonchev–Trinajstić information content (AvgIpc) is 2.43. The Morgan fingerprint density at radius 3 is 2.33 bits per heavy atom. The minimum absolute atomic E-state index is 0.122. The van der Waals surface area contributed by atoms with Crippen LogP contribution < -0.4 is 10.9 Å². The summed E-state index contributed by atoms with van der Waals surface area (Å²) in [7, 11) is 0. The number of hydrogen-bond donors (Lipinski definition) is 2. The zero-order chi connectivity index (χ0) is 15.2. The smallest absolute Gasteiger partial charge is 0.248 e. The summed E-state index contributed by atoms with van der Waals surface area (Å²) in [6, 6.07) is 9.95. The molecule has 0 spiro atoms. The highest BCUT2D eigenvalue weighted by Crippen LogP contribution is 2.17.